The van der Waals surface area contributed by atoms with Gasteiger partial charge in [0.25, 0.3) is 0 Å². The van der Waals surface area contributed by atoms with Gasteiger partial charge in [0.05, 0.1) is 4.90 Å². The molecule has 2 aromatic rings. The van der Waals surface area contributed by atoms with Gasteiger partial charge in [0.15, 0.2) is 0 Å². The third kappa shape index (κ3) is 3.87. The first-order valence-electron chi connectivity index (χ1n) is 7.03. The highest BCUT2D eigenvalue weighted by Crippen LogP contribution is 2.23. The minimum absolute atomic E-state index is 0. The van der Waals surface area contributed by atoms with E-state index in [4.69, 9.17) is 11.6 Å². The summed E-state index contributed by atoms with van der Waals surface area (Å²) in [6.07, 6.45) is 0. The second kappa shape index (κ2) is 7.20. The number of halogens is 2. The lowest BCUT2D eigenvalue weighted by Crippen LogP contribution is -2.24. The van der Waals surface area contributed by atoms with Crippen LogP contribution in [0.3, 0.4) is 0 Å². The van der Waals surface area contributed by atoms with E-state index >= 15 is 0 Å². The van der Waals surface area contributed by atoms with E-state index in [1.54, 1.807) is 25.1 Å². The van der Waals surface area contributed by atoms with Gasteiger partial charge in [-0.1, -0.05) is 35.9 Å². The van der Waals surface area contributed by atoms with Gasteiger partial charge in [-0.3, -0.25) is 0 Å². The average Bonchev–Trinajstić information content (AvgIpc) is 2.95. The number of hydrogen-bond donors (Lipinski definition) is 2. The Morgan fingerprint density at radius 3 is 2.70 bits per heavy atom. The Bertz CT molecular complexity index is 823. The molecule has 1 aliphatic rings. The molecule has 0 amide bonds. The summed E-state index contributed by atoms with van der Waals surface area (Å²) in [5.41, 5.74) is 4.02. The van der Waals surface area contributed by atoms with Crippen LogP contribution in [0.2, 0.25) is 5.02 Å². The zero-order chi connectivity index (χ0) is 15.7. The van der Waals surface area contributed by atoms with E-state index in [1.165, 1.54) is 11.1 Å². The van der Waals surface area contributed by atoms with Crippen molar-refractivity contribution in [3.63, 3.8) is 0 Å². The molecule has 0 saturated heterocycles. The molecule has 0 saturated carbocycles. The first-order valence-corrected chi connectivity index (χ1v) is 8.90. The predicted molar refractivity (Wildman–Crippen MR) is 94.4 cm³/mol. The zero-order valence-electron chi connectivity index (χ0n) is 12.6. The number of nitrogens with one attached hydrogen (secondary N) is 2. The Morgan fingerprint density at radius 1 is 1.17 bits per heavy atom. The summed E-state index contributed by atoms with van der Waals surface area (Å²) >= 11 is 6.00. The molecule has 4 nitrogen and oxygen atoms in total. The lowest BCUT2D eigenvalue weighted by atomic mass is 10.1. The van der Waals surface area contributed by atoms with Crippen LogP contribution in [0.15, 0.2) is 41.3 Å². The van der Waals surface area contributed by atoms with Crippen LogP contribution in [0.4, 0.5) is 0 Å². The number of fused-ring (bicyclic) bond motifs is 1. The third-order valence-corrected chi connectivity index (χ3v) is 5.83. The van der Waals surface area contributed by atoms with E-state index in [0.29, 0.717) is 10.6 Å². The SMILES string of the molecule is Cc1c(Cl)cccc1S(=O)(=O)NCc1ccc2c(c1)CNC2.Cl. The molecule has 7 heteroatoms. The molecular formula is C16H18Cl2N2O2S. The second-order valence-corrected chi connectivity index (χ2v) is 7.54. The van der Waals surface area contributed by atoms with Crippen LogP contribution in [0, 0.1) is 6.92 Å². The normalized spacial score (nSPS) is 13.5. The predicted octanol–water partition coefficient (Wildman–Crippen LogP) is 3.15. The second-order valence-electron chi connectivity index (χ2n) is 5.39. The van der Waals surface area contributed by atoms with Crippen molar-refractivity contribution in [2.45, 2.75) is 31.5 Å². The number of benzene rings is 2. The minimum Gasteiger partial charge on any atom is -0.309 e. The van der Waals surface area contributed by atoms with E-state index in [0.717, 1.165) is 18.7 Å². The summed E-state index contributed by atoms with van der Waals surface area (Å²) < 4.78 is 27.5. The molecule has 1 heterocycles. The Labute approximate surface area is 147 Å². The lowest BCUT2D eigenvalue weighted by molar-refractivity contribution is 0.580. The van der Waals surface area contributed by atoms with Crippen molar-refractivity contribution in [1.82, 2.24) is 10.0 Å². The Balaban J connectivity index is 0.00000192. The van der Waals surface area contributed by atoms with E-state index < -0.39 is 10.0 Å². The van der Waals surface area contributed by atoms with Crippen LogP contribution in [-0.2, 0) is 29.7 Å². The Hall–Kier alpha value is -1.11. The summed E-state index contributed by atoms with van der Waals surface area (Å²) in [5, 5.41) is 3.72. The Kier molecular flexibility index (Phi) is 5.70. The largest absolute Gasteiger partial charge is 0.309 e. The van der Waals surface area contributed by atoms with Crippen LogP contribution < -0.4 is 10.0 Å². The molecule has 0 aliphatic carbocycles. The fraction of sp³-hybridized carbons (Fsp3) is 0.250. The fourth-order valence-corrected chi connectivity index (χ4v) is 4.11. The van der Waals surface area contributed by atoms with E-state index in [-0.39, 0.29) is 23.8 Å². The summed E-state index contributed by atoms with van der Waals surface area (Å²) in [4.78, 5) is 0.225. The van der Waals surface area contributed by atoms with Crippen molar-refractivity contribution >= 4 is 34.0 Å². The number of rotatable bonds is 4. The van der Waals surface area contributed by atoms with Crippen molar-refractivity contribution in [3.05, 3.63) is 63.7 Å². The van der Waals surface area contributed by atoms with Gasteiger partial charge in [-0.15, -0.1) is 12.4 Å². The molecule has 1 aliphatic heterocycles. The molecule has 23 heavy (non-hydrogen) atoms. The van der Waals surface area contributed by atoms with Gasteiger partial charge in [-0.25, -0.2) is 13.1 Å². The summed E-state index contributed by atoms with van der Waals surface area (Å²) in [6.45, 7) is 3.69. The van der Waals surface area contributed by atoms with Gasteiger partial charge < -0.3 is 5.32 Å². The first kappa shape index (κ1) is 18.2. The van der Waals surface area contributed by atoms with Crippen LogP contribution in [0.1, 0.15) is 22.3 Å². The molecule has 2 aromatic carbocycles. The van der Waals surface area contributed by atoms with Gasteiger partial charge in [0, 0.05) is 24.7 Å². The number of sulfonamides is 1. The molecule has 124 valence electrons. The topological polar surface area (TPSA) is 58.2 Å². The van der Waals surface area contributed by atoms with Crippen molar-refractivity contribution in [2.75, 3.05) is 0 Å². The lowest BCUT2D eigenvalue weighted by Gasteiger charge is -2.11. The molecule has 0 aromatic heterocycles. The van der Waals surface area contributed by atoms with Gasteiger partial charge in [0.1, 0.15) is 0 Å². The maximum atomic E-state index is 12.4. The first-order chi connectivity index (χ1) is 10.5. The maximum Gasteiger partial charge on any atom is 0.241 e. The quantitative estimate of drug-likeness (QED) is 0.866. The summed E-state index contributed by atoms with van der Waals surface area (Å²) in [5.74, 6) is 0. The molecule has 0 atom stereocenters. The highest BCUT2D eigenvalue weighted by atomic mass is 35.5. The maximum absolute atomic E-state index is 12.4. The molecule has 0 spiro atoms. The van der Waals surface area contributed by atoms with Crippen LogP contribution in [0.25, 0.3) is 0 Å². The zero-order valence-corrected chi connectivity index (χ0v) is 15.0. The van der Waals surface area contributed by atoms with Gasteiger partial charge >= 0.3 is 0 Å². The van der Waals surface area contributed by atoms with Gasteiger partial charge in [-0.2, -0.15) is 0 Å². The standard InChI is InChI=1S/C16H17ClN2O2S.ClH/c1-11-15(17)3-2-4-16(11)22(20,21)19-8-12-5-6-13-9-18-10-14(13)7-12;/h2-7,18-19H,8-10H2,1H3;1H. The van der Waals surface area contributed by atoms with Crippen molar-refractivity contribution in [1.29, 1.82) is 0 Å². The average molecular weight is 373 g/mol. The molecule has 0 unspecified atom stereocenters. The molecule has 3 rings (SSSR count). The van der Waals surface area contributed by atoms with Crippen LogP contribution in [0.5, 0.6) is 0 Å². The monoisotopic (exact) mass is 372 g/mol. The van der Waals surface area contributed by atoms with E-state index in [9.17, 15) is 8.42 Å². The number of hydrogen-bond acceptors (Lipinski definition) is 3. The van der Waals surface area contributed by atoms with Crippen molar-refractivity contribution in [3.8, 4) is 0 Å². The van der Waals surface area contributed by atoms with Crippen LogP contribution in [-0.4, -0.2) is 8.42 Å². The Morgan fingerprint density at radius 2 is 1.91 bits per heavy atom. The molecule has 0 bridgehead atoms. The third-order valence-electron chi connectivity index (χ3n) is 3.88. The van der Waals surface area contributed by atoms with Crippen molar-refractivity contribution in [2.24, 2.45) is 0 Å². The van der Waals surface area contributed by atoms with Gasteiger partial charge in [0.2, 0.25) is 10.0 Å². The van der Waals surface area contributed by atoms with Gasteiger partial charge in [-0.05, 0) is 41.3 Å². The fourth-order valence-electron chi connectivity index (χ4n) is 2.59. The highest BCUT2D eigenvalue weighted by molar-refractivity contribution is 7.89. The molecule has 0 radical (unpaired) electrons. The molecular weight excluding hydrogens is 355 g/mol. The summed E-state index contributed by atoms with van der Waals surface area (Å²) in [7, 11) is -3.58. The van der Waals surface area contributed by atoms with E-state index in [1.807, 2.05) is 18.2 Å². The molecule has 0 fully saturated rings. The highest BCUT2D eigenvalue weighted by Gasteiger charge is 2.18. The minimum atomic E-state index is -3.58. The smallest absolute Gasteiger partial charge is 0.241 e. The molecule has 2 N–H and O–H groups in total. The van der Waals surface area contributed by atoms with Crippen LogP contribution >= 0.6 is 24.0 Å². The summed E-state index contributed by atoms with van der Waals surface area (Å²) in [6, 6.07) is 10.9. The van der Waals surface area contributed by atoms with Crippen molar-refractivity contribution < 1.29 is 8.42 Å². The van der Waals surface area contributed by atoms with E-state index in [2.05, 4.69) is 10.0 Å².